The van der Waals surface area contributed by atoms with Crippen LogP contribution >= 0.6 is 0 Å². The molecule has 8 nitrogen and oxygen atoms in total. The van der Waals surface area contributed by atoms with Gasteiger partial charge < -0.3 is 23.7 Å². The molecule has 0 N–H and O–H groups in total. The summed E-state index contributed by atoms with van der Waals surface area (Å²) >= 11 is 0. The maximum atomic E-state index is 13.0. The van der Waals surface area contributed by atoms with Gasteiger partial charge in [0.05, 0.1) is 32.3 Å². The van der Waals surface area contributed by atoms with Crippen molar-refractivity contribution in [2.24, 2.45) is 34.5 Å². The van der Waals surface area contributed by atoms with Crippen LogP contribution in [0.2, 0.25) is 0 Å². The number of allylic oxidation sites excluding steroid dienone is 2. The van der Waals surface area contributed by atoms with Crippen molar-refractivity contribution in [1.29, 1.82) is 0 Å². The molecule has 0 heterocycles. The molecule has 0 radical (unpaired) electrons. The molecule has 0 amide bonds. The summed E-state index contributed by atoms with van der Waals surface area (Å²) in [5.41, 5.74) is -1.46. The second-order valence-electron chi connectivity index (χ2n) is 9.65. The minimum absolute atomic E-state index is 0.0172. The fourth-order valence-corrected chi connectivity index (χ4v) is 6.53. The van der Waals surface area contributed by atoms with Gasteiger partial charge >= 0.3 is 17.9 Å². The first kappa shape index (κ1) is 25.7. The van der Waals surface area contributed by atoms with Gasteiger partial charge in [-0.1, -0.05) is 19.1 Å². The summed E-state index contributed by atoms with van der Waals surface area (Å²) in [5.74, 6) is -1.51. The third-order valence-electron chi connectivity index (χ3n) is 8.12. The molecule has 0 unspecified atom stereocenters. The second kappa shape index (κ2) is 10.6. The number of methoxy groups -OCH3 is 2. The largest absolute Gasteiger partial charge is 0.469 e. The van der Waals surface area contributed by atoms with Crippen molar-refractivity contribution < 1.29 is 38.1 Å². The van der Waals surface area contributed by atoms with E-state index in [0.717, 1.165) is 6.42 Å². The van der Waals surface area contributed by atoms with Crippen molar-refractivity contribution in [3.63, 3.8) is 0 Å². The van der Waals surface area contributed by atoms with Gasteiger partial charge in [0, 0.05) is 7.11 Å². The maximum Gasteiger partial charge on any atom is 0.323 e. The average Bonchev–Trinajstić information content (AvgIpc) is 2.81. The SMILES string of the molecule is CCOC(=O)C1(C(=O)OCC)CC[C@@H]2[C@H](C=C[C@H]3[C@H](C(=O)OC)[C@@H](OCOC)CC[C@]23C)C1. The smallest absolute Gasteiger partial charge is 0.323 e. The molecule has 186 valence electrons. The minimum atomic E-state index is -1.28. The van der Waals surface area contributed by atoms with E-state index in [0.29, 0.717) is 25.7 Å². The van der Waals surface area contributed by atoms with Crippen LogP contribution in [0, 0.1) is 34.5 Å². The molecular formula is C25H38O8. The summed E-state index contributed by atoms with van der Waals surface area (Å²) < 4.78 is 26.8. The molecule has 0 aliphatic heterocycles. The predicted octanol–water partition coefficient (Wildman–Crippen LogP) is 3.28. The molecule has 0 spiro atoms. The fourth-order valence-electron chi connectivity index (χ4n) is 6.53. The summed E-state index contributed by atoms with van der Waals surface area (Å²) in [7, 11) is 2.97. The zero-order valence-corrected chi connectivity index (χ0v) is 20.5. The van der Waals surface area contributed by atoms with Gasteiger partial charge in [0.25, 0.3) is 0 Å². The van der Waals surface area contributed by atoms with Gasteiger partial charge in [-0.2, -0.15) is 0 Å². The Morgan fingerprint density at radius 2 is 1.64 bits per heavy atom. The molecule has 0 saturated heterocycles. The number of carbonyl (C=O) groups is 3. The zero-order valence-electron chi connectivity index (χ0n) is 20.5. The van der Waals surface area contributed by atoms with E-state index in [9.17, 15) is 14.4 Å². The summed E-state index contributed by atoms with van der Waals surface area (Å²) in [6.07, 6.45) is 6.89. The van der Waals surface area contributed by atoms with Crippen LogP contribution in [0.5, 0.6) is 0 Å². The van der Waals surface area contributed by atoms with Crippen LogP contribution in [0.15, 0.2) is 12.2 Å². The van der Waals surface area contributed by atoms with Gasteiger partial charge in [-0.3, -0.25) is 14.4 Å². The highest BCUT2D eigenvalue weighted by atomic mass is 16.7. The van der Waals surface area contributed by atoms with E-state index in [-0.39, 0.29) is 55.2 Å². The number of ether oxygens (including phenoxy) is 5. The first-order valence-corrected chi connectivity index (χ1v) is 12.0. The van der Waals surface area contributed by atoms with Crippen molar-refractivity contribution in [2.75, 3.05) is 34.2 Å². The standard InChI is InChI=1S/C25H38O8/c1-6-31-22(27)25(23(28)32-7-2)13-10-17-16(14-25)8-9-18-20(21(26)30-5)19(33-15-29-4)11-12-24(17,18)3/h8-9,16-20H,6-7,10-15H2,1-5H3/t16-,17-,18+,19+,20+,24-/m1/s1. The van der Waals surface area contributed by atoms with E-state index in [1.807, 2.05) is 0 Å². The average molecular weight is 467 g/mol. The normalized spacial score (nSPS) is 34.5. The lowest BCUT2D eigenvalue weighted by Gasteiger charge is -2.57. The highest BCUT2D eigenvalue weighted by Gasteiger charge is 2.61. The van der Waals surface area contributed by atoms with Gasteiger partial charge in [0.2, 0.25) is 0 Å². The van der Waals surface area contributed by atoms with E-state index in [1.165, 1.54) is 7.11 Å². The molecular weight excluding hydrogens is 428 g/mol. The molecule has 6 atom stereocenters. The summed E-state index contributed by atoms with van der Waals surface area (Å²) in [6.45, 7) is 6.26. The first-order chi connectivity index (χ1) is 15.8. The summed E-state index contributed by atoms with van der Waals surface area (Å²) in [6, 6.07) is 0. The van der Waals surface area contributed by atoms with Crippen LogP contribution in [-0.2, 0) is 38.1 Å². The second-order valence-corrected chi connectivity index (χ2v) is 9.65. The Labute approximate surface area is 196 Å². The Balaban J connectivity index is 1.92. The van der Waals surface area contributed by atoms with Gasteiger partial charge in [-0.15, -0.1) is 0 Å². The van der Waals surface area contributed by atoms with Crippen molar-refractivity contribution in [2.45, 2.75) is 59.0 Å². The Morgan fingerprint density at radius 3 is 2.21 bits per heavy atom. The number of carbonyl (C=O) groups excluding carboxylic acids is 3. The van der Waals surface area contributed by atoms with Crippen molar-refractivity contribution in [3.8, 4) is 0 Å². The molecule has 2 fully saturated rings. The number of esters is 3. The fraction of sp³-hybridized carbons (Fsp3) is 0.800. The Hall–Kier alpha value is -1.93. The molecule has 0 aromatic rings. The molecule has 8 heteroatoms. The van der Waals surface area contributed by atoms with E-state index in [1.54, 1.807) is 21.0 Å². The molecule has 3 rings (SSSR count). The quantitative estimate of drug-likeness (QED) is 0.177. The van der Waals surface area contributed by atoms with E-state index >= 15 is 0 Å². The van der Waals surface area contributed by atoms with E-state index in [2.05, 4.69) is 19.1 Å². The van der Waals surface area contributed by atoms with E-state index in [4.69, 9.17) is 23.7 Å². The topological polar surface area (TPSA) is 97.4 Å². The molecule has 0 aromatic heterocycles. The predicted molar refractivity (Wildman–Crippen MR) is 119 cm³/mol. The Morgan fingerprint density at radius 1 is 0.970 bits per heavy atom. The van der Waals surface area contributed by atoms with Crippen LogP contribution in [0.25, 0.3) is 0 Å². The lowest BCUT2D eigenvalue weighted by Crippen LogP contribution is -2.57. The van der Waals surface area contributed by atoms with Crippen molar-refractivity contribution in [3.05, 3.63) is 12.2 Å². The van der Waals surface area contributed by atoms with Crippen LogP contribution in [0.4, 0.5) is 0 Å². The molecule has 0 bridgehead atoms. The van der Waals surface area contributed by atoms with Crippen LogP contribution in [0.1, 0.15) is 52.9 Å². The van der Waals surface area contributed by atoms with Crippen LogP contribution < -0.4 is 0 Å². The third kappa shape index (κ3) is 4.56. The summed E-state index contributed by atoms with van der Waals surface area (Å²) in [4.78, 5) is 38.7. The lowest BCUT2D eigenvalue weighted by molar-refractivity contribution is -0.185. The number of rotatable bonds is 8. The number of hydrogen-bond acceptors (Lipinski definition) is 8. The monoisotopic (exact) mass is 466 g/mol. The van der Waals surface area contributed by atoms with Gasteiger partial charge in [0.1, 0.15) is 6.79 Å². The van der Waals surface area contributed by atoms with Crippen molar-refractivity contribution >= 4 is 17.9 Å². The van der Waals surface area contributed by atoms with Gasteiger partial charge in [0.15, 0.2) is 5.41 Å². The highest BCUT2D eigenvalue weighted by molar-refractivity contribution is 6.00. The molecule has 0 aromatic carbocycles. The van der Waals surface area contributed by atoms with Crippen LogP contribution in [-0.4, -0.2) is 58.2 Å². The van der Waals surface area contributed by atoms with Crippen molar-refractivity contribution in [1.82, 2.24) is 0 Å². The minimum Gasteiger partial charge on any atom is -0.469 e. The van der Waals surface area contributed by atoms with Gasteiger partial charge in [-0.05, 0) is 69.1 Å². The van der Waals surface area contributed by atoms with E-state index < -0.39 is 23.3 Å². The number of hydrogen-bond donors (Lipinski definition) is 0. The maximum absolute atomic E-state index is 13.0. The van der Waals surface area contributed by atoms with Gasteiger partial charge in [-0.25, -0.2) is 0 Å². The number of fused-ring (bicyclic) bond motifs is 3. The Kier molecular flexibility index (Phi) is 8.22. The first-order valence-electron chi connectivity index (χ1n) is 12.0. The third-order valence-corrected chi connectivity index (χ3v) is 8.12. The molecule has 33 heavy (non-hydrogen) atoms. The lowest BCUT2D eigenvalue weighted by atomic mass is 9.47. The molecule has 3 aliphatic carbocycles. The highest BCUT2D eigenvalue weighted by Crippen LogP contribution is 2.61. The zero-order chi connectivity index (χ0) is 24.2. The summed E-state index contributed by atoms with van der Waals surface area (Å²) in [5, 5.41) is 0. The van der Waals surface area contributed by atoms with Crippen LogP contribution in [0.3, 0.4) is 0 Å². The molecule has 3 aliphatic rings. The Bertz CT molecular complexity index is 744. The molecule has 2 saturated carbocycles.